The highest BCUT2D eigenvalue weighted by Gasteiger charge is 2.20. The number of aromatic amines is 1. The third-order valence-electron chi connectivity index (χ3n) is 3.04. The lowest BCUT2D eigenvalue weighted by molar-refractivity contribution is 0.0945. The van der Waals surface area contributed by atoms with E-state index in [1.165, 1.54) is 6.20 Å². The van der Waals surface area contributed by atoms with E-state index in [0.29, 0.717) is 16.6 Å². The molecule has 22 heavy (non-hydrogen) atoms. The summed E-state index contributed by atoms with van der Waals surface area (Å²) in [5.74, 6) is -0.540. The van der Waals surface area contributed by atoms with Crippen LogP contribution in [-0.4, -0.2) is 24.3 Å². The lowest BCUT2D eigenvalue weighted by atomic mass is 10.2. The maximum atomic E-state index is 12.3. The number of carbonyl (C=O) groups is 1. The summed E-state index contributed by atoms with van der Waals surface area (Å²) in [5.41, 5.74) is 2.99. The van der Waals surface area contributed by atoms with E-state index < -0.39 is 15.9 Å². The first-order chi connectivity index (χ1) is 10.6. The maximum Gasteiger partial charge on any atom is 0.266 e. The molecular weight excluding hydrogens is 304 g/mol. The highest BCUT2D eigenvalue weighted by molar-refractivity contribution is 7.89. The van der Waals surface area contributed by atoms with Gasteiger partial charge in [-0.25, -0.2) is 13.4 Å². The molecule has 1 amide bonds. The molecule has 0 aliphatic carbocycles. The van der Waals surface area contributed by atoms with Crippen LogP contribution in [0.25, 0.3) is 11.0 Å². The first-order valence-electron chi connectivity index (χ1n) is 6.37. The standard InChI is InChI=1S/C14H12N4O3S/c19-14(10-5-2-1-3-6-10)17-18-22(20,21)12-9-16-13-11(12)7-4-8-15-13/h1-9,18H,(H,15,16)(H,17,19). The van der Waals surface area contributed by atoms with Gasteiger partial charge in [0.2, 0.25) is 0 Å². The van der Waals surface area contributed by atoms with Crippen molar-refractivity contribution in [3.8, 4) is 0 Å². The van der Waals surface area contributed by atoms with E-state index in [-0.39, 0.29) is 4.90 Å². The van der Waals surface area contributed by atoms with Crippen LogP contribution in [0.15, 0.2) is 59.8 Å². The van der Waals surface area contributed by atoms with Gasteiger partial charge in [0.1, 0.15) is 10.5 Å². The predicted octanol–water partition coefficient (Wildman–Crippen LogP) is 1.19. The number of aromatic nitrogens is 2. The number of nitrogens with one attached hydrogen (secondary N) is 3. The summed E-state index contributed by atoms with van der Waals surface area (Å²) < 4.78 is 24.5. The molecule has 0 unspecified atom stereocenters. The Bertz CT molecular complexity index is 919. The maximum absolute atomic E-state index is 12.3. The lowest BCUT2D eigenvalue weighted by Gasteiger charge is -2.07. The minimum atomic E-state index is -3.90. The molecule has 1 aromatic carbocycles. The zero-order valence-electron chi connectivity index (χ0n) is 11.3. The number of nitrogens with zero attached hydrogens (tertiary/aromatic N) is 1. The van der Waals surface area contributed by atoms with Crippen molar-refractivity contribution in [1.82, 2.24) is 20.2 Å². The average molecular weight is 316 g/mol. The average Bonchev–Trinajstić information content (AvgIpc) is 2.98. The monoisotopic (exact) mass is 316 g/mol. The molecule has 0 bridgehead atoms. The number of pyridine rings is 1. The van der Waals surface area contributed by atoms with Gasteiger partial charge in [-0.2, -0.15) is 0 Å². The van der Waals surface area contributed by atoms with Crippen LogP contribution in [0.5, 0.6) is 0 Å². The number of amides is 1. The summed E-state index contributed by atoms with van der Waals surface area (Å²) >= 11 is 0. The number of hydrogen-bond donors (Lipinski definition) is 3. The van der Waals surface area contributed by atoms with Crippen LogP contribution in [0.1, 0.15) is 10.4 Å². The molecule has 2 aromatic heterocycles. The van der Waals surface area contributed by atoms with E-state index in [2.05, 4.69) is 20.2 Å². The Hall–Kier alpha value is -2.71. The van der Waals surface area contributed by atoms with E-state index in [4.69, 9.17) is 0 Å². The SMILES string of the molecule is O=C(NNS(=O)(=O)c1c[nH]c2ncccc12)c1ccccc1. The second kappa shape index (κ2) is 5.58. The number of benzene rings is 1. The molecular formula is C14H12N4O3S. The molecule has 3 rings (SSSR count). The van der Waals surface area contributed by atoms with Gasteiger partial charge in [-0.15, -0.1) is 4.83 Å². The fourth-order valence-electron chi connectivity index (χ4n) is 1.98. The highest BCUT2D eigenvalue weighted by Crippen LogP contribution is 2.19. The largest absolute Gasteiger partial charge is 0.345 e. The van der Waals surface area contributed by atoms with E-state index in [0.717, 1.165) is 0 Å². The van der Waals surface area contributed by atoms with Gasteiger partial charge in [0.05, 0.1) is 0 Å². The minimum absolute atomic E-state index is 0.0176. The first-order valence-corrected chi connectivity index (χ1v) is 7.85. The van der Waals surface area contributed by atoms with Crippen LogP contribution in [0.2, 0.25) is 0 Å². The number of hydrogen-bond acceptors (Lipinski definition) is 4. The summed E-state index contributed by atoms with van der Waals surface area (Å²) in [6.07, 6.45) is 2.88. The molecule has 0 atom stereocenters. The van der Waals surface area contributed by atoms with Crippen LogP contribution in [0.3, 0.4) is 0 Å². The minimum Gasteiger partial charge on any atom is -0.345 e. The Morgan fingerprint density at radius 1 is 1.09 bits per heavy atom. The van der Waals surface area contributed by atoms with Crippen LogP contribution >= 0.6 is 0 Å². The quantitative estimate of drug-likeness (QED) is 0.629. The summed E-state index contributed by atoms with van der Waals surface area (Å²) in [7, 11) is -3.90. The fourth-order valence-corrected chi connectivity index (χ4v) is 2.99. The normalized spacial score (nSPS) is 11.5. The van der Waals surface area contributed by atoms with E-state index in [1.807, 2.05) is 0 Å². The Kier molecular flexibility index (Phi) is 3.61. The van der Waals surface area contributed by atoms with Gasteiger partial charge in [0, 0.05) is 23.3 Å². The Morgan fingerprint density at radius 3 is 2.64 bits per heavy atom. The number of rotatable bonds is 4. The van der Waals surface area contributed by atoms with Crippen molar-refractivity contribution in [1.29, 1.82) is 0 Å². The van der Waals surface area contributed by atoms with Crippen LogP contribution < -0.4 is 10.3 Å². The van der Waals surface area contributed by atoms with Crippen molar-refractivity contribution in [3.63, 3.8) is 0 Å². The van der Waals surface area contributed by atoms with E-state index in [1.54, 1.807) is 48.7 Å². The molecule has 0 fully saturated rings. The summed E-state index contributed by atoms with van der Waals surface area (Å²) in [6, 6.07) is 11.6. The van der Waals surface area contributed by atoms with Gasteiger partial charge in [-0.3, -0.25) is 10.2 Å². The Labute approximate surface area is 126 Å². The molecule has 0 aliphatic heterocycles. The molecule has 112 valence electrons. The first kappa shape index (κ1) is 14.2. The zero-order valence-corrected chi connectivity index (χ0v) is 12.1. The molecule has 3 N–H and O–H groups in total. The molecule has 7 nitrogen and oxygen atoms in total. The molecule has 0 saturated carbocycles. The van der Waals surface area contributed by atoms with Gasteiger partial charge in [-0.05, 0) is 24.3 Å². The number of sulfonamides is 1. The lowest BCUT2D eigenvalue weighted by Crippen LogP contribution is -2.41. The zero-order chi connectivity index (χ0) is 15.6. The third-order valence-corrected chi connectivity index (χ3v) is 4.33. The van der Waals surface area contributed by atoms with Crippen molar-refractivity contribution >= 4 is 27.0 Å². The molecule has 2 heterocycles. The molecule has 8 heteroatoms. The van der Waals surface area contributed by atoms with Gasteiger partial charge in [0.25, 0.3) is 15.9 Å². The van der Waals surface area contributed by atoms with Crippen LogP contribution in [-0.2, 0) is 10.0 Å². The van der Waals surface area contributed by atoms with Crippen LogP contribution in [0.4, 0.5) is 0 Å². The van der Waals surface area contributed by atoms with Gasteiger partial charge >= 0.3 is 0 Å². The molecule has 3 aromatic rings. The van der Waals surface area contributed by atoms with Crippen molar-refractivity contribution in [3.05, 3.63) is 60.4 Å². The number of fused-ring (bicyclic) bond motifs is 1. The van der Waals surface area contributed by atoms with Crippen molar-refractivity contribution in [2.75, 3.05) is 0 Å². The number of carbonyl (C=O) groups excluding carboxylic acids is 1. The van der Waals surface area contributed by atoms with Crippen molar-refractivity contribution in [2.24, 2.45) is 0 Å². The fraction of sp³-hybridized carbons (Fsp3) is 0. The van der Waals surface area contributed by atoms with Crippen LogP contribution in [0, 0.1) is 0 Å². The third kappa shape index (κ3) is 2.69. The smallest absolute Gasteiger partial charge is 0.266 e. The van der Waals surface area contributed by atoms with E-state index in [9.17, 15) is 13.2 Å². The molecule has 0 spiro atoms. The molecule has 0 saturated heterocycles. The molecule has 0 radical (unpaired) electrons. The molecule has 0 aliphatic rings. The second-order valence-corrected chi connectivity index (χ2v) is 6.13. The number of hydrazine groups is 1. The predicted molar refractivity (Wildman–Crippen MR) is 80.3 cm³/mol. The Morgan fingerprint density at radius 2 is 1.86 bits per heavy atom. The van der Waals surface area contributed by atoms with Gasteiger partial charge < -0.3 is 4.98 Å². The highest BCUT2D eigenvalue weighted by atomic mass is 32.2. The topological polar surface area (TPSA) is 104 Å². The van der Waals surface area contributed by atoms with Gasteiger partial charge in [0.15, 0.2) is 0 Å². The van der Waals surface area contributed by atoms with Crippen molar-refractivity contribution in [2.45, 2.75) is 4.90 Å². The Balaban J connectivity index is 1.81. The van der Waals surface area contributed by atoms with Gasteiger partial charge in [-0.1, -0.05) is 18.2 Å². The second-order valence-electron chi connectivity index (χ2n) is 4.48. The number of H-pyrrole nitrogens is 1. The summed E-state index contributed by atoms with van der Waals surface area (Å²) in [5, 5.41) is 0.448. The summed E-state index contributed by atoms with van der Waals surface area (Å²) in [4.78, 5) is 20.8. The summed E-state index contributed by atoms with van der Waals surface area (Å²) in [6.45, 7) is 0. The van der Waals surface area contributed by atoms with Crippen molar-refractivity contribution < 1.29 is 13.2 Å². The van der Waals surface area contributed by atoms with E-state index >= 15 is 0 Å².